The van der Waals surface area contributed by atoms with Crippen LogP contribution in [-0.2, 0) is 0 Å². The third-order valence-corrected chi connectivity index (χ3v) is 2.96. The number of halogens is 2. The van der Waals surface area contributed by atoms with Gasteiger partial charge in [0.15, 0.2) is 0 Å². The Bertz CT molecular complexity index is 719. The summed E-state index contributed by atoms with van der Waals surface area (Å²) in [7, 11) is 0. The number of pyridine rings is 1. The number of alkyl halides is 2. The Balaban J connectivity index is 2.20. The van der Waals surface area contributed by atoms with Gasteiger partial charge in [0, 0.05) is 11.8 Å². The second-order valence-electron chi connectivity index (χ2n) is 4.73. The van der Waals surface area contributed by atoms with Crippen LogP contribution in [0.3, 0.4) is 0 Å². The van der Waals surface area contributed by atoms with E-state index < -0.39 is 12.5 Å². The number of aryl methyl sites for hydroxylation is 1. The minimum atomic E-state index is -2.94. The second kappa shape index (κ2) is 7.44. The van der Waals surface area contributed by atoms with Gasteiger partial charge in [-0.05, 0) is 38.1 Å². The van der Waals surface area contributed by atoms with Crippen molar-refractivity contribution in [2.75, 3.05) is 0 Å². The average molecular weight is 319 g/mol. The molecule has 0 aliphatic carbocycles. The average Bonchev–Trinajstić information content (AvgIpc) is 2.54. The summed E-state index contributed by atoms with van der Waals surface area (Å²) in [5.74, 6) is -0.493. The smallest absolute Gasteiger partial charge is 0.387 e. The van der Waals surface area contributed by atoms with E-state index >= 15 is 0 Å². The zero-order valence-corrected chi connectivity index (χ0v) is 12.6. The number of carbonyl (C=O) groups excluding carboxylic acids is 1. The molecule has 0 unspecified atom stereocenters. The number of hydrazone groups is 1. The predicted octanol–water partition coefficient (Wildman–Crippen LogP) is 3.15. The molecule has 0 spiro atoms. The maximum atomic E-state index is 12.5. The predicted molar refractivity (Wildman–Crippen MR) is 81.7 cm³/mol. The Morgan fingerprint density at radius 1 is 1.30 bits per heavy atom. The Labute approximate surface area is 132 Å². The molecule has 120 valence electrons. The third-order valence-electron chi connectivity index (χ3n) is 2.96. The topological polar surface area (TPSA) is 63.6 Å². The van der Waals surface area contributed by atoms with Crippen LogP contribution in [0.15, 0.2) is 47.7 Å². The van der Waals surface area contributed by atoms with Gasteiger partial charge in [-0.1, -0.05) is 17.7 Å². The van der Waals surface area contributed by atoms with Crippen LogP contribution in [0, 0.1) is 6.92 Å². The number of hydrogen-bond donors (Lipinski definition) is 1. The van der Waals surface area contributed by atoms with Crippen molar-refractivity contribution in [1.29, 1.82) is 0 Å². The standard InChI is InChI=1S/C16H15F2N3O2/c1-10-6-7-14(23-16(17)18)12(9-10)11(2)20-21-15(22)13-5-3-4-8-19-13/h3-9,16H,1-2H3,(H,21,22)/b20-11-. The van der Waals surface area contributed by atoms with Crippen molar-refractivity contribution in [3.8, 4) is 5.75 Å². The number of rotatable bonds is 5. The lowest BCUT2D eigenvalue weighted by molar-refractivity contribution is -0.0499. The molecule has 0 aliphatic rings. The Hall–Kier alpha value is -2.83. The minimum Gasteiger partial charge on any atom is -0.434 e. The van der Waals surface area contributed by atoms with Gasteiger partial charge in [-0.3, -0.25) is 9.78 Å². The van der Waals surface area contributed by atoms with Gasteiger partial charge >= 0.3 is 6.61 Å². The Kier molecular flexibility index (Phi) is 5.35. The SMILES string of the molecule is C/C(=N/NC(=O)c1ccccn1)c1cc(C)ccc1OC(F)F. The highest BCUT2D eigenvalue weighted by atomic mass is 19.3. The van der Waals surface area contributed by atoms with E-state index in [9.17, 15) is 13.6 Å². The molecule has 0 saturated heterocycles. The molecular formula is C16H15F2N3O2. The van der Waals surface area contributed by atoms with E-state index in [1.165, 1.54) is 18.3 Å². The molecule has 0 atom stereocenters. The van der Waals surface area contributed by atoms with Crippen molar-refractivity contribution >= 4 is 11.6 Å². The fraction of sp³-hybridized carbons (Fsp3) is 0.188. The van der Waals surface area contributed by atoms with Crippen LogP contribution in [0.4, 0.5) is 8.78 Å². The molecular weight excluding hydrogens is 304 g/mol. The van der Waals surface area contributed by atoms with Crippen LogP contribution in [-0.4, -0.2) is 23.2 Å². The van der Waals surface area contributed by atoms with Crippen LogP contribution >= 0.6 is 0 Å². The molecule has 1 amide bonds. The van der Waals surface area contributed by atoms with Gasteiger partial charge in [0.05, 0.1) is 5.71 Å². The van der Waals surface area contributed by atoms with Crippen LogP contribution in [0.2, 0.25) is 0 Å². The molecule has 0 aliphatic heterocycles. The van der Waals surface area contributed by atoms with Gasteiger partial charge in [0.1, 0.15) is 11.4 Å². The van der Waals surface area contributed by atoms with Crippen LogP contribution < -0.4 is 10.2 Å². The Morgan fingerprint density at radius 3 is 2.74 bits per heavy atom. The summed E-state index contributed by atoms with van der Waals surface area (Å²) in [5, 5.41) is 3.93. The zero-order valence-electron chi connectivity index (χ0n) is 12.6. The number of benzene rings is 1. The van der Waals surface area contributed by atoms with Crippen molar-refractivity contribution in [1.82, 2.24) is 10.4 Å². The molecule has 5 nitrogen and oxygen atoms in total. The maximum absolute atomic E-state index is 12.5. The highest BCUT2D eigenvalue weighted by Gasteiger charge is 2.13. The van der Waals surface area contributed by atoms with E-state index in [1.54, 1.807) is 31.2 Å². The number of hydrogen-bond acceptors (Lipinski definition) is 4. The lowest BCUT2D eigenvalue weighted by Gasteiger charge is -2.11. The summed E-state index contributed by atoms with van der Waals surface area (Å²) in [4.78, 5) is 15.8. The molecule has 23 heavy (non-hydrogen) atoms. The molecule has 2 rings (SSSR count). The van der Waals surface area contributed by atoms with E-state index in [0.717, 1.165) is 5.56 Å². The van der Waals surface area contributed by atoms with Gasteiger partial charge in [-0.25, -0.2) is 5.43 Å². The van der Waals surface area contributed by atoms with Gasteiger partial charge < -0.3 is 4.74 Å². The second-order valence-corrected chi connectivity index (χ2v) is 4.73. The maximum Gasteiger partial charge on any atom is 0.387 e. The van der Waals surface area contributed by atoms with Gasteiger partial charge in [-0.15, -0.1) is 0 Å². The molecule has 1 heterocycles. The van der Waals surface area contributed by atoms with Gasteiger partial charge in [0.2, 0.25) is 0 Å². The number of carbonyl (C=O) groups is 1. The first-order chi connectivity index (χ1) is 11.0. The number of nitrogens with zero attached hydrogens (tertiary/aromatic N) is 2. The van der Waals surface area contributed by atoms with Crippen molar-refractivity contribution in [2.45, 2.75) is 20.5 Å². The van der Waals surface area contributed by atoms with E-state index in [0.29, 0.717) is 11.3 Å². The molecule has 1 N–H and O–H groups in total. The summed E-state index contributed by atoms with van der Waals surface area (Å²) in [5.41, 5.74) is 4.12. The first kappa shape index (κ1) is 16.5. The monoisotopic (exact) mass is 319 g/mol. The van der Waals surface area contributed by atoms with Crippen LogP contribution in [0.5, 0.6) is 5.75 Å². The molecule has 1 aromatic carbocycles. The lowest BCUT2D eigenvalue weighted by atomic mass is 10.1. The molecule has 2 aromatic rings. The molecule has 1 aromatic heterocycles. The fourth-order valence-electron chi connectivity index (χ4n) is 1.87. The summed E-state index contributed by atoms with van der Waals surface area (Å²) < 4.78 is 29.4. The molecule has 7 heteroatoms. The molecule has 0 bridgehead atoms. The number of amides is 1. The molecule has 0 radical (unpaired) electrons. The van der Waals surface area contributed by atoms with Crippen molar-refractivity contribution < 1.29 is 18.3 Å². The number of aromatic nitrogens is 1. The van der Waals surface area contributed by atoms with Gasteiger partial charge in [-0.2, -0.15) is 13.9 Å². The van der Waals surface area contributed by atoms with Crippen molar-refractivity contribution in [2.24, 2.45) is 5.10 Å². The van der Waals surface area contributed by atoms with Crippen LogP contribution in [0.25, 0.3) is 0 Å². The van der Waals surface area contributed by atoms with Crippen molar-refractivity contribution in [3.63, 3.8) is 0 Å². The normalized spacial score (nSPS) is 11.4. The largest absolute Gasteiger partial charge is 0.434 e. The number of nitrogens with one attached hydrogen (secondary N) is 1. The van der Waals surface area contributed by atoms with E-state index in [4.69, 9.17) is 0 Å². The quantitative estimate of drug-likeness (QED) is 0.680. The minimum absolute atomic E-state index is 0.000986. The van der Waals surface area contributed by atoms with Crippen LogP contribution in [0.1, 0.15) is 28.5 Å². The highest BCUT2D eigenvalue weighted by molar-refractivity contribution is 6.02. The van der Waals surface area contributed by atoms with E-state index in [-0.39, 0.29) is 11.4 Å². The summed E-state index contributed by atoms with van der Waals surface area (Å²) in [6.45, 7) is 0.466. The summed E-state index contributed by atoms with van der Waals surface area (Å²) in [6.07, 6.45) is 1.49. The first-order valence-electron chi connectivity index (χ1n) is 6.79. The van der Waals surface area contributed by atoms with Crippen molar-refractivity contribution in [3.05, 3.63) is 59.4 Å². The highest BCUT2D eigenvalue weighted by Crippen LogP contribution is 2.22. The fourth-order valence-corrected chi connectivity index (χ4v) is 1.87. The third kappa shape index (κ3) is 4.57. The van der Waals surface area contributed by atoms with Gasteiger partial charge in [0.25, 0.3) is 5.91 Å². The first-order valence-corrected chi connectivity index (χ1v) is 6.79. The zero-order chi connectivity index (χ0) is 16.8. The molecule has 0 saturated carbocycles. The molecule has 0 fully saturated rings. The summed E-state index contributed by atoms with van der Waals surface area (Å²) in [6, 6.07) is 9.65. The van der Waals surface area contributed by atoms with E-state index in [1.807, 2.05) is 6.92 Å². The number of ether oxygens (including phenoxy) is 1. The summed E-state index contributed by atoms with van der Waals surface area (Å²) >= 11 is 0. The Morgan fingerprint density at radius 2 is 2.09 bits per heavy atom. The van der Waals surface area contributed by atoms with E-state index in [2.05, 4.69) is 20.2 Å². The lowest BCUT2D eigenvalue weighted by Crippen LogP contribution is -2.20.